The molecule has 22 heavy (non-hydrogen) atoms. The molecule has 3 N–H and O–H groups in total. The Labute approximate surface area is 129 Å². The summed E-state index contributed by atoms with van der Waals surface area (Å²) in [5.74, 6) is -0.127. The zero-order chi connectivity index (χ0) is 16.4. The van der Waals surface area contributed by atoms with Crippen molar-refractivity contribution in [3.8, 4) is 0 Å². The minimum Gasteiger partial charge on any atom is -0.332 e. The minimum atomic E-state index is -3.07. The lowest BCUT2D eigenvalue weighted by molar-refractivity contribution is -0.114. The Kier molecular flexibility index (Phi) is 4.41. The highest BCUT2D eigenvalue weighted by atomic mass is 32.2. The summed E-state index contributed by atoms with van der Waals surface area (Å²) in [6, 6.07) is 6.18. The summed E-state index contributed by atoms with van der Waals surface area (Å²) in [4.78, 5) is 22.9. The minimum absolute atomic E-state index is 0.0467. The van der Waals surface area contributed by atoms with E-state index >= 15 is 0 Å². The zero-order valence-electron chi connectivity index (χ0n) is 12.5. The summed E-state index contributed by atoms with van der Waals surface area (Å²) in [5.41, 5.74) is 0.447. The van der Waals surface area contributed by atoms with Gasteiger partial charge in [-0.1, -0.05) is 0 Å². The summed E-state index contributed by atoms with van der Waals surface area (Å²) in [6.45, 7) is 3.13. The van der Waals surface area contributed by atoms with Gasteiger partial charge in [-0.05, 0) is 37.6 Å². The fraction of sp³-hybridized carbons (Fsp3) is 0.429. The first-order valence-electron chi connectivity index (χ1n) is 6.85. The molecule has 0 aromatic heterocycles. The number of carbonyl (C=O) groups is 2. The van der Waals surface area contributed by atoms with E-state index in [1.807, 2.05) is 0 Å². The molecule has 0 radical (unpaired) electrons. The van der Waals surface area contributed by atoms with E-state index in [4.69, 9.17) is 0 Å². The van der Waals surface area contributed by atoms with Crippen LogP contribution in [-0.4, -0.2) is 37.4 Å². The lowest BCUT2D eigenvalue weighted by Crippen LogP contribution is -2.48. The number of sulfone groups is 1. The number of hydrogen-bond acceptors (Lipinski definition) is 4. The molecule has 0 aliphatic carbocycles. The average Bonchev–Trinajstić information content (AvgIpc) is 2.64. The number of nitrogens with one attached hydrogen (secondary N) is 3. The molecule has 7 nitrogen and oxygen atoms in total. The van der Waals surface area contributed by atoms with Crippen molar-refractivity contribution in [3.05, 3.63) is 24.3 Å². The highest BCUT2D eigenvalue weighted by Crippen LogP contribution is 2.23. The van der Waals surface area contributed by atoms with Crippen molar-refractivity contribution in [2.24, 2.45) is 0 Å². The van der Waals surface area contributed by atoms with Crippen molar-refractivity contribution in [2.75, 3.05) is 22.1 Å². The predicted molar refractivity (Wildman–Crippen MR) is 84.6 cm³/mol. The molecule has 1 atom stereocenters. The Morgan fingerprint density at radius 2 is 1.64 bits per heavy atom. The number of anilines is 2. The van der Waals surface area contributed by atoms with Gasteiger partial charge in [-0.25, -0.2) is 13.2 Å². The Morgan fingerprint density at radius 1 is 1.09 bits per heavy atom. The van der Waals surface area contributed by atoms with Gasteiger partial charge in [0.1, 0.15) is 0 Å². The fourth-order valence-corrected chi connectivity index (χ4v) is 4.48. The van der Waals surface area contributed by atoms with Crippen LogP contribution < -0.4 is 16.0 Å². The second kappa shape index (κ2) is 5.96. The molecule has 1 aliphatic heterocycles. The van der Waals surface area contributed by atoms with Gasteiger partial charge in [0.2, 0.25) is 5.91 Å². The number of urea groups is 1. The maximum atomic E-state index is 12.0. The van der Waals surface area contributed by atoms with Crippen LogP contribution in [0.25, 0.3) is 0 Å². The van der Waals surface area contributed by atoms with Gasteiger partial charge in [0.15, 0.2) is 9.84 Å². The molecule has 0 bridgehead atoms. The van der Waals surface area contributed by atoms with Gasteiger partial charge < -0.3 is 16.0 Å². The summed E-state index contributed by atoms with van der Waals surface area (Å²) >= 11 is 0. The molecule has 3 amide bonds. The third-order valence-electron chi connectivity index (χ3n) is 3.38. The number of carbonyl (C=O) groups excluding carboxylic acids is 2. The lowest BCUT2D eigenvalue weighted by Gasteiger charge is -2.24. The number of hydrogen-bond donors (Lipinski definition) is 3. The first kappa shape index (κ1) is 16.3. The predicted octanol–water partition coefficient (Wildman–Crippen LogP) is 1.34. The van der Waals surface area contributed by atoms with E-state index < -0.39 is 21.4 Å². The number of rotatable bonds is 3. The zero-order valence-corrected chi connectivity index (χ0v) is 13.3. The highest BCUT2D eigenvalue weighted by molar-refractivity contribution is 7.91. The van der Waals surface area contributed by atoms with Crippen LogP contribution in [0.15, 0.2) is 24.3 Å². The van der Waals surface area contributed by atoms with Crippen molar-refractivity contribution in [1.29, 1.82) is 0 Å². The Bertz CT molecular complexity index is 685. The molecule has 1 aliphatic rings. The smallest absolute Gasteiger partial charge is 0.319 e. The quantitative estimate of drug-likeness (QED) is 0.780. The second-order valence-electron chi connectivity index (χ2n) is 5.74. The van der Waals surface area contributed by atoms with Crippen LogP contribution in [0.2, 0.25) is 0 Å². The SMILES string of the molecule is CC(=O)Nc1ccc(NC(=O)NC2(C)CCS(=O)(=O)C2)cc1. The van der Waals surface area contributed by atoms with E-state index in [0.717, 1.165) is 0 Å². The first-order valence-corrected chi connectivity index (χ1v) is 8.67. The molecule has 2 rings (SSSR count). The van der Waals surface area contributed by atoms with Gasteiger partial charge in [0, 0.05) is 18.3 Å². The molecule has 1 heterocycles. The Morgan fingerprint density at radius 3 is 2.09 bits per heavy atom. The third-order valence-corrected chi connectivity index (χ3v) is 5.28. The molecule has 1 aromatic rings. The van der Waals surface area contributed by atoms with Gasteiger partial charge >= 0.3 is 6.03 Å². The largest absolute Gasteiger partial charge is 0.332 e. The highest BCUT2D eigenvalue weighted by Gasteiger charge is 2.39. The standard InChI is InChI=1S/C14H19N3O4S/c1-10(18)15-11-3-5-12(6-4-11)16-13(19)17-14(2)7-8-22(20,21)9-14/h3-6H,7-9H2,1-2H3,(H,15,18)(H2,16,17,19). The van der Waals surface area contributed by atoms with E-state index in [1.54, 1.807) is 31.2 Å². The van der Waals surface area contributed by atoms with E-state index in [9.17, 15) is 18.0 Å². The summed E-state index contributed by atoms with van der Waals surface area (Å²) in [5, 5.41) is 7.98. The van der Waals surface area contributed by atoms with Crippen LogP contribution in [-0.2, 0) is 14.6 Å². The third kappa shape index (κ3) is 4.45. The van der Waals surface area contributed by atoms with Crippen LogP contribution >= 0.6 is 0 Å². The van der Waals surface area contributed by atoms with Crippen molar-refractivity contribution in [1.82, 2.24) is 5.32 Å². The summed E-state index contributed by atoms with van der Waals surface area (Å²) in [7, 11) is -3.07. The van der Waals surface area contributed by atoms with Gasteiger partial charge in [-0.2, -0.15) is 0 Å². The molecule has 120 valence electrons. The van der Waals surface area contributed by atoms with Gasteiger partial charge in [0.25, 0.3) is 0 Å². The Hall–Kier alpha value is -2.09. The van der Waals surface area contributed by atoms with Crippen LogP contribution in [0.3, 0.4) is 0 Å². The normalized spacial score (nSPS) is 22.8. The van der Waals surface area contributed by atoms with Crippen LogP contribution in [0, 0.1) is 0 Å². The van der Waals surface area contributed by atoms with Crippen molar-refractivity contribution < 1.29 is 18.0 Å². The first-order chi connectivity index (χ1) is 10.2. The van der Waals surface area contributed by atoms with Crippen LogP contribution in [0.1, 0.15) is 20.3 Å². The van der Waals surface area contributed by atoms with Crippen molar-refractivity contribution >= 4 is 33.2 Å². The summed E-state index contributed by atoms with van der Waals surface area (Å²) in [6.07, 6.45) is 0.407. The summed E-state index contributed by atoms with van der Waals surface area (Å²) < 4.78 is 23.0. The maximum Gasteiger partial charge on any atom is 0.319 e. The second-order valence-corrected chi connectivity index (χ2v) is 7.92. The molecular weight excluding hydrogens is 306 g/mol. The van der Waals surface area contributed by atoms with Crippen molar-refractivity contribution in [2.45, 2.75) is 25.8 Å². The molecule has 0 saturated carbocycles. The molecule has 1 saturated heterocycles. The van der Waals surface area contributed by atoms with E-state index in [-0.39, 0.29) is 17.4 Å². The molecule has 1 aromatic carbocycles. The molecule has 1 unspecified atom stereocenters. The fourth-order valence-electron chi connectivity index (χ4n) is 2.39. The maximum absolute atomic E-state index is 12.0. The van der Waals surface area contributed by atoms with Crippen LogP contribution in [0.4, 0.5) is 16.2 Å². The monoisotopic (exact) mass is 325 g/mol. The van der Waals surface area contributed by atoms with Crippen LogP contribution in [0.5, 0.6) is 0 Å². The van der Waals surface area contributed by atoms with Gasteiger partial charge in [-0.3, -0.25) is 4.79 Å². The topological polar surface area (TPSA) is 104 Å². The van der Waals surface area contributed by atoms with E-state index in [0.29, 0.717) is 17.8 Å². The number of amides is 3. The molecule has 8 heteroatoms. The average molecular weight is 325 g/mol. The lowest BCUT2D eigenvalue weighted by atomic mass is 10.0. The van der Waals surface area contributed by atoms with E-state index in [1.165, 1.54) is 6.92 Å². The van der Waals surface area contributed by atoms with E-state index in [2.05, 4.69) is 16.0 Å². The van der Waals surface area contributed by atoms with Crippen molar-refractivity contribution in [3.63, 3.8) is 0 Å². The molecule has 1 fully saturated rings. The van der Waals surface area contributed by atoms with Gasteiger partial charge in [0.05, 0.1) is 17.0 Å². The molecular formula is C14H19N3O4S. The van der Waals surface area contributed by atoms with Gasteiger partial charge in [-0.15, -0.1) is 0 Å². The Balaban J connectivity index is 1.93. The number of benzene rings is 1. The molecule has 0 spiro atoms.